The molecule has 2 aliphatic heterocycles. The molecule has 4 heterocycles. The highest BCUT2D eigenvalue weighted by Gasteiger charge is 2.51. The summed E-state index contributed by atoms with van der Waals surface area (Å²) in [6.07, 6.45) is 7.04. The molecular weight excluding hydrogens is 456 g/mol. The number of anilines is 1. The summed E-state index contributed by atoms with van der Waals surface area (Å²) < 4.78 is 5.41. The van der Waals surface area contributed by atoms with E-state index < -0.39 is 5.60 Å². The summed E-state index contributed by atoms with van der Waals surface area (Å²) in [5.74, 6) is 1.43. The summed E-state index contributed by atoms with van der Waals surface area (Å²) in [4.78, 5) is 24.6. The van der Waals surface area contributed by atoms with Gasteiger partial charge >= 0.3 is 6.03 Å². The molecule has 3 aromatic rings. The van der Waals surface area contributed by atoms with Crippen molar-refractivity contribution in [3.05, 3.63) is 60.6 Å². The number of aliphatic hydroxyl groups is 1. The zero-order valence-corrected chi connectivity index (χ0v) is 21.1. The van der Waals surface area contributed by atoms with Crippen molar-refractivity contribution in [2.75, 3.05) is 38.2 Å². The summed E-state index contributed by atoms with van der Waals surface area (Å²) in [6, 6.07) is 11.8. The molecular formula is C27H34N6O3. The number of aromatic amines is 1. The van der Waals surface area contributed by atoms with Gasteiger partial charge in [0.05, 0.1) is 31.0 Å². The predicted molar refractivity (Wildman–Crippen MR) is 138 cm³/mol. The zero-order chi connectivity index (χ0) is 25.3. The van der Waals surface area contributed by atoms with Gasteiger partial charge in [0.1, 0.15) is 11.6 Å². The van der Waals surface area contributed by atoms with Crippen LogP contribution in [0.2, 0.25) is 0 Å². The monoisotopic (exact) mass is 490 g/mol. The fraction of sp³-hybridized carbons (Fsp3) is 0.444. The number of aromatic nitrogens is 3. The van der Waals surface area contributed by atoms with Crippen molar-refractivity contribution in [1.29, 1.82) is 0 Å². The third-order valence-corrected chi connectivity index (χ3v) is 7.21. The molecule has 0 atom stereocenters. The highest BCUT2D eigenvalue weighted by molar-refractivity contribution is 5.94. The second-order valence-corrected chi connectivity index (χ2v) is 10.5. The largest absolute Gasteiger partial charge is 0.497 e. The molecule has 2 amide bonds. The van der Waals surface area contributed by atoms with Crippen LogP contribution in [-0.4, -0.2) is 80.5 Å². The van der Waals surface area contributed by atoms with Gasteiger partial charge in [-0.05, 0) is 56.5 Å². The van der Waals surface area contributed by atoms with E-state index in [1.54, 1.807) is 19.5 Å². The van der Waals surface area contributed by atoms with Gasteiger partial charge in [-0.25, -0.2) is 9.78 Å². The Kier molecular flexibility index (Phi) is 6.44. The van der Waals surface area contributed by atoms with Gasteiger partial charge in [0.15, 0.2) is 0 Å². The van der Waals surface area contributed by atoms with E-state index in [9.17, 15) is 9.90 Å². The first-order chi connectivity index (χ1) is 17.3. The molecule has 9 nitrogen and oxygen atoms in total. The van der Waals surface area contributed by atoms with Crippen LogP contribution in [0.4, 0.5) is 10.6 Å². The Hall–Kier alpha value is -3.43. The summed E-state index contributed by atoms with van der Waals surface area (Å²) in [5.41, 5.74) is 1.88. The van der Waals surface area contributed by atoms with Crippen LogP contribution < -0.4 is 9.64 Å². The van der Waals surface area contributed by atoms with Crippen molar-refractivity contribution >= 4 is 11.8 Å². The molecule has 1 spiro atoms. The average Bonchev–Trinajstić information content (AvgIpc) is 3.49. The number of nitrogens with one attached hydrogen (secondary N) is 1. The van der Waals surface area contributed by atoms with Gasteiger partial charge in [0, 0.05) is 49.7 Å². The number of amides is 2. The predicted octanol–water partition coefficient (Wildman–Crippen LogP) is 3.53. The Morgan fingerprint density at radius 1 is 1.14 bits per heavy atom. The SMILES string of the molecule is COc1cccc(CN2C(=O)N(c3ccc(-c4cn[nH]c4)cn3)CC23CCN(CC(C)(C)O)CC3)c1. The fourth-order valence-electron chi connectivity index (χ4n) is 5.39. The minimum atomic E-state index is -0.747. The maximum absolute atomic E-state index is 13.9. The lowest BCUT2D eigenvalue weighted by Crippen LogP contribution is -2.55. The molecule has 2 aliphatic rings. The number of β-amino-alcohol motifs (C(OH)–C–C–N with tert-alkyl or cyclic N) is 1. The van der Waals surface area contributed by atoms with E-state index in [4.69, 9.17) is 4.74 Å². The molecule has 0 radical (unpaired) electrons. The Morgan fingerprint density at radius 3 is 2.58 bits per heavy atom. The first kappa shape index (κ1) is 24.3. The van der Waals surface area contributed by atoms with Crippen LogP contribution in [0.15, 0.2) is 55.0 Å². The molecule has 0 bridgehead atoms. The van der Waals surface area contributed by atoms with E-state index in [-0.39, 0.29) is 11.6 Å². The average molecular weight is 491 g/mol. The third kappa shape index (κ3) is 4.94. The normalized spacial score (nSPS) is 18.3. The third-order valence-electron chi connectivity index (χ3n) is 7.21. The quantitative estimate of drug-likeness (QED) is 0.526. The lowest BCUT2D eigenvalue weighted by Gasteiger charge is -2.44. The number of H-pyrrole nitrogens is 1. The van der Waals surface area contributed by atoms with Crippen molar-refractivity contribution in [2.24, 2.45) is 0 Å². The Bertz CT molecular complexity index is 1180. The van der Waals surface area contributed by atoms with Gasteiger partial charge in [-0.15, -0.1) is 0 Å². The molecule has 2 saturated heterocycles. The molecule has 5 rings (SSSR count). The Labute approximate surface area is 211 Å². The topological polar surface area (TPSA) is 97.8 Å². The van der Waals surface area contributed by atoms with Crippen molar-refractivity contribution in [3.8, 4) is 16.9 Å². The number of likely N-dealkylation sites (tertiary alicyclic amines) is 1. The number of rotatable bonds is 7. The first-order valence-corrected chi connectivity index (χ1v) is 12.4. The minimum absolute atomic E-state index is 0.0303. The van der Waals surface area contributed by atoms with E-state index in [1.807, 2.05) is 66.2 Å². The molecule has 36 heavy (non-hydrogen) atoms. The molecule has 9 heteroatoms. The molecule has 0 unspecified atom stereocenters. The standard InChI is InChI=1S/C27H34N6O3/c1-26(2,35)18-31-11-9-27(10-12-31)19-32(24-8-7-21(14-28-24)22-15-29-30-16-22)25(34)33(27)17-20-5-4-6-23(13-20)36-3/h4-8,13-16,35H,9-12,17-19H2,1-3H3,(H,29,30). The minimum Gasteiger partial charge on any atom is -0.497 e. The van der Waals surface area contributed by atoms with Gasteiger partial charge in [0.25, 0.3) is 0 Å². The molecule has 2 fully saturated rings. The number of benzene rings is 1. The van der Waals surface area contributed by atoms with Gasteiger partial charge in [-0.2, -0.15) is 5.10 Å². The van der Waals surface area contributed by atoms with Crippen LogP contribution in [0.3, 0.4) is 0 Å². The number of methoxy groups -OCH3 is 1. The number of nitrogens with zero attached hydrogens (tertiary/aromatic N) is 5. The number of hydrogen-bond acceptors (Lipinski definition) is 6. The second-order valence-electron chi connectivity index (χ2n) is 10.5. The van der Waals surface area contributed by atoms with E-state index >= 15 is 0 Å². The van der Waals surface area contributed by atoms with Crippen molar-refractivity contribution < 1.29 is 14.6 Å². The summed E-state index contributed by atoms with van der Waals surface area (Å²) >= 11 is 0. The molecule has 0 aliphatic carbocycles. The van der Waals surface area contributed by atoms with Gasteiger partial charge in [-0.3, -0.25) is 10.00 Å². The highest BCUT2D eigenvalue weighted by Crippen LogP contribution is 2.39. The van der Waals surface area contributed by atoms with E-state index in [0.29, 0.717) is 25.5 Å². The van der Waals surface area contributed by atoms with E-state index in [1.165, 1.54) is 0 Å². The number of carbonyl (C=O) groups excluding carboxylic acids is 1. The zero-order valence-electron chi connectivity index (χ0n) is 21.1. The van der Waals surface area contributed by atoms with Gasteiger partial charge in [-0.1, -0.05) is 12.1 Å². The Morgan fingerprint density at radius 2 is 1.94 bits per heavy atom. The number of urea groups is 1. The Balaban J connectivity index is 1.41. The molecule has 2 aromatic heterocycles. The number of hydrogen-bond donors (Lipinski definition) is 2. The van der Waals surface area contributed by atoms with Gasteiger partial charge < -0.3 is 19.6 Å². The summed E-state index contributed by atoms with van der Waals surface area (Å²) in [5, 5.41) is 17.1. The molecule has 0 saturated carbocycles. The summed E-state index contributed by atoms with van der Waals surface area (Å²) in [6.45, 7) is 7.04. The van der Waals surface area contributed by atoms with Crippen molar-refractivity contribution in [2.45, 2.75) is 44.4 Å². The van der Waals surface area contributed by atoms with Crippen LogP contribution in [0.1, 0.15) is 32.3 Å². The first-order valence-electron chi connectivity index (χ1n) is 12.4. The number of pyridine rings is 1. The molecule has 2 N–H and O–H groups in total. The van der Waals surface area contributed by atoms with Crippen molar-refractivity contribution in [1.82, 2.24) is 25.0 Å². The molecule has 1 aromatic carbocycles. The maximum Gasteiger partial charge on any atom is 0.326 e. The van der Waals surface area contributed by atoms with Crippen LogP contribution in [0.5, 0.6) is 5.75 Å². The highest BCUT2D eigenvalue weighted by atomic mass is 16.5. The number of piperidine rings is 1. The van der Waals surface area contributed by atoms with Crippen LogP contribution in [0, 0.1) is 0 Å². The lowest BCUT2D eigenvalue weighted by atomic mass is 9.86. The van der Waals surface area contributed by atoms with Crippen LogP contribution in [-0.2, 0) is 6.54 Å². The lowest BCUT2D eigenvalue weighted by molar-refractivity contribution is 0.00617. The van der Waals surface area contributed by atoms with Crippen LogP contribution in [0.25, 0.3) is 11.1 Å². The van der Waals surface area contributed by atoms with Gasteiger partial charge in [0.2, 0.25) is 0 Å². The van der Waals surface area contributed by atoms with Crippen molar-refractivity contribution in [3.63, 3.8) is 0 Å². The fourth-order valence-corrected chi connectivity index (χ4v) is 5.39. The number of ether oxygens (including phenoxy) is 1. The van der Waals surface area contributed by atoms with E-state index in [2.05, 4.69) is 20.1 Å². The van der Waals surface area contributed by atoms with E-state index in [0.717, 1.165) is 48.4 Å². The summed E-state index contributed by atoms with van der Waals surface area (Å²) in [7, 11) is 1.65. The maximum atomic E-state index is 13.9. The smallest absolute Gasteiger partial charge is 0.326 e. The molecule has 190 valence electrons. The van der Waals surface area contributed by atoms with Crippen LogP contribution >= 0.6 is 0 Å². The second kappa shape index (κ2) is 9.55. The number of carbonyl (C=O) groups is 1.